The minimum absolute atomic E-state index is 0. The van der Waals surface area contributed by atoms with Gasteiger partial charge >= 0.3 is 0 Å². The van der Waals surface area contributed by atoms with Crippen molar-refractivity contribution in [2.24, 2.45) is 0 Å². The number of nitrogens with one attached hydrogen (secondary N) is 3. The Morgan fingerprint density at radius 3 is 0.500 bits per heavy atom. The van der Waals surface area contributed by atoms with E-state index >= 15 is 0 Å². The monoisotopic (exact) mass is 149 g/mol. The van der Waals surface area contributed by atoms with Crippen LogP contribution in [0.15, 0.2) is 0 Å². The molecule has 0 aromatic carbocycles. The Labute approximate surface area is 67.5 Å². The Balaban J connectivity index is -0.0000000257. The van der Waals surface area contributed by atoms with E-state index in [4.69, 9.17) is 0 Å². The summed E-state index contributed by atoms with van der Waals surface area (Å²) >= 11 is 0. The zero-order chi connectivity index (χ0) is 8.12. The Bertz CT molecular complexity index is 17.7. The molecule has 3 nitrogen and oxygen atoms in total. The fourth-order valence-electron chi connectivity index (χ4n) is 0. The standard InChI is InChI=1S/3C2H7N.BH3/c3*1-3-2;/h3*3H,1-2H3;1H3. The maximum Gasteiger partial charge on any atom is 0.0814 e. The lowest BCUT2D eigenvalue weighted by atomic mass is 10.8. The van der Waals surface area contributed by atoms with E-state index in [1.54, 1.807) is 0 Å². The molecule has 0 aliphatic rings. The highest BCUT2D eigenvalue weighted by Crippen LogP contribution is 0.987. The summed E-state index contributed by atoms with van der Waals surface area (Å²) in [6, 6.07) is 0. The van der Waals surface area contributed by atoms with Crippen LogP contribution in [0.1, 0.15) is 0 Å². The predicted octanol–water partition coefficient (Wildman–Crippen LogP) is -1.68. The highest BCUT2D eigenvalue weighted by Gasteiger charge is 1.26. The molecule has 0 saturated heterocycles. The van der Waals surface area contributed by atoms with Crippen molar-refractivity contribution in [3.63, 3.8) is 0 Å². The van der Waals surface area contributed by atoms with Gasteiger partial charge in [0.05, 0.1) is 8.41 Å². The zero-order valence-electron chi connectivity index (χ0n) is 7.50. The molecule has 0 aliphatic heterocycles. The number of hydrogen-bond donors (Lipinski definition) is 3. The molecule has 3 N–H and O–H groups in total. The molecule has 0 aromatic heterocycles. The Morgan fingerprint density at radius 2 is 0.500 bits per heavy atom. The van der Waals surface area contributed by atoms with Gasteiger partial charge in [-0.05, 0) is 42.3 Å². The highest BCUT2D eigenvalue weighted by molar-refractivity contribution is 5.75. The van der Waals surface area contributed by atoms with Crippen LogP contribution in [0.3, 0.4) is 0 Å². The summed E-state index contributed by atoms with van der Waals surface area (Å²) in [6.07, 6.45) is 0. The lowest BCUT2D eigenvalue weighted by Crippen LogP contribution is -1.89. The van der Waals surface area contributed by atoms with Crippen LogP contribution in [-0.4, -0.2) is 50.7 Å². The smallest absolute Gasteiger partial charge is 0.0814 e. The first kappa shape index (κ1) is 22.5. The van der Waals surface area contributed by atoms with Crippen LogP contribution in [0, 0.1) is 0 Å². The molecule has 0 aliphatic carbocycles. The molecule has 0 bridgehead atoms. The molecule has 0 radical (unpaired) electrons. The van der Waals surface area contributed by atoms with Crippen molar-refractivity contribution in [1.29, 1.82) is 0 Å². The van der Waals surface area contributed by atoms with E-state index in [2.05, 4.69) is 16.0 Å². The Kier molecular flexibility index (Phi) is 147. The molecule has 0 aromatic rings. The van der Waals surface area contributed by atoms with E-state index in [0.717, 1.165) is 0 Å². The van der Waals surface area contributed by atoms with Crippen molar-refractivity contribution < 1.29 is 0 Å². The highest BCUT2D eigenvalue weighted by atomic mass is 14.7. The molecular weight excluding hydrogens is 125 g/mol. The molecule has 0 rings (SSSR count). The summed E-state index contributed by atoms with van der Waals surface area (Å²) in [6.45, 7) is 0. The van der Waals surface area contributed by atoms with E-state index in [-0.39, 0.29) is 8.41 Å². The van der Waals surface area contributed by atoms with Gasteiger partial charge in [-0.1, -0.05) is 0 Å². The topological polar surface area (TPSA) is 36.1 Å². The van der Waals surface area contributed by atoms with Crippen molar-refractivity contribution >= 4 is 8.41 Å². The van der Waals surface area contributed by atoms with Crippen LogP contribution in [-0.2, 0) is 0 Å². The van der Waals surface area contributed by atoms with Gasteiger partial charge in [-0.3, -0.25) is 0 Å². The van der Waals surface area contributed by atoms with Gasteiger partial charge < -0.3 is 16.0 Å². The second-order valence-corrected chi connectivity index (χ2v) is 1.50. The average Bonchev–Trinajstić information content (AvgIpc) is 1.70. The van der Waals surface area contributed by atoms with Crippen LogP contribution in [0.5, 0.6) is 0 Å². The predicted molar refractivity (Wildman–Crippen MR) is 54.9 cm³/mol. The van der Waals surface area contributed by atoms with Crippen molar-refractivity contribution in [3.05, 3.63) is 0 Å². The van der Waals surface area contributed by atoms with Crippen molar-refractivity contribution in [1.82, 2.24) is 16.0 Å². The zero-order valence-corrected chi connectivity index (χ0v) is 7.50. The van der Waals surface area contributed by atoms with Gasteiger partial charge in [0.2, 0.25) is 0 Å². The van der Waals surface area contributed by atoms with Crippen molar-refractivity contribution in [3.8, 4) is 0 Å². The second kappa shape index (κ2) is 65.1. The van der Waals surface area contributed by atoms with Gasteiger partial charge in [-0.25, -0.2) is 0 Å². The minimum atomic E-state index is 0. The maximum atomic E-state index is 2.75. The summed E-state index contributed by atoms with van der Waals surface area (Å²) < 4.78 is 0. The van der Waals surface area contributed by atoms with E-state index in [1.807, 2.05) is 42.3 Å². The third-order valence-electron chi connectivity index (χ3n) is 0. The molecule has 0 spiro atoms. The fraction of sp³-hybridized carbons (Fsp3) is 1.00. The van der Waals surface area contributed by atoms with Crippen molar-refractivity contribution in [2.75, 3.05) is 42.3 Å². The Hall–Kier alpha value is -0.0551. The molecule has 0 saturated carbocycles. The molecular formula is C6H24BN3. The van der Waals surface area contributed by atoms with E-state index in [1.165, 1.54) is 0 Å². The SMILES string of the molecule is B.CNC.CNC.CNC. The van der Waals surface area contributed by atoms with Gasteiger partial charge in [-0.2, -0.15) is 0 Å². The maximum absolute atomic E-state index is 2.75. The molecule has 10 heavy (non-hydrogen) atoms. The average molecular weight is 149 g/mol. The molecule has 0 unspecified atom stereocenters. The lowest BCUT2D eigenvalue weighted by molar-refractivity contribution is 1.02. The van der Waals surface area contributed by atoms with Gasteiger partial charge in [0.15, 0.2) is 0 Å². The fourth-order valence-corrected chi connectivity index (χ4v) is 0. The molecule has 4 heteroatoms. The lowest BCUT2D eigenvalue weighted by Gasteiger charge is -1.59. The first-order valence-electron chi connectivity index (χ1n) is 3.00. The number of hydrogen-bond acceptors (Lipinski definition) is 3. The first-order valence-corrected chi connectivity index (χ1v) is 3.00. The molecule has 0 atom stereocenters. The molecule has 0 amide bonds. The number of rotatable bonds is 0. The third-order valence-corrected chi connectivity index (χ3v) is 0. The van der Waals surface area contributed by atoms with Gasteiger partial charge in [0, 0.05) is 0 Å². The summed E-state index contributed by atoms with van der Waals surface area (Å²) in [7, 11) is 11.2. The minimum Gasteiger partial charge on any atom is -0.323 e. The van der Waals surface area contributed by atoms with Crippen LogP contribution in [0.2, 0.25) is 0 Å². The van der Waals surface area contributed by atoms with Gasteiger partial charge in [0.1, 0.15) is 0 Å². The van der Waals surface area contributed by atoms with E-state index < -0.39 is 0 Å². The summed E-state index contributed by atoms with van der Waals surface area (Å²) in [5.41, 5.74) is 0. The van der Waals surface area contributed by atoms with Crippen LogP contribution < -0.4 is 16.0 Å². The molecule has 66 valence electrons. The van der Waals surface area contributed by atoms with Crippen LogP contribution in [0.4, 0.5) is 0 Å². The van der Waals surface area contributed by atoms with Crippen LogP contribution in [0.25, 0.3) is 0 Å². The molecule has 0 heterocycles. The van der Waals surface area contributed by atoms with Crippen molar-refractivity contribution in [2.45, 2.75) is 0 Å². The van der Waals surface area contributed by atoms with Gasteiger partial charge in [0.25, 0.3) is 0 Å². The summed E-state index contributed by atoms with van der Waals surface area (Å²) in [4.78, 5) is 0. The van der Waals surface area contributed by atoms with E-state index in [0.29, 0.717) is 0 Å². The summed E-state index contributed by atoms with van der Waals surface area (Å²) in [5, 5.41) is 8.25. The second-order valence-electron chi connectivity index (χ2n) is 1.50. The van der Waals surface area contributed by atoms with Gasteiger partial charge in [-0.15, -0.1) is 0 Å². The first-order chi connectivity index (χ1) is 4.24. The largest absolute Gasteiger partial charge is 0.323 e. The van der Waals surface area contributed by atoms with E-state index in [9.17, 15) is 0 Å². The van der Waals surface area contributed by atoms with Crippen LogP contribution >= 0.6 is 0 Å². The normalized spacial score (nSPS) is 5.40. The molecule has 0 fully saturated rings. The Morgan fingerprint density at radius 1 is 0.500 bits per heavy atom. The third kappa shape index (κ3) is 126000. The quantitative estimate of drug-likeness (QED) is 0.360. The summed E-state index contributed by atoms with van der Waals surface area (Å²) in [5.74, 6) is 0.